The summed E-state index contributed by atoms with van der Waals surface area (Å²) in [7, 11) is 0. The smallest absolute Gasteiger partial charge is 0.276 e. The number of carbonyl (C=O) groups excluding carboxylic acids is 3. The third-order valence-electron chi connectivity index (χ3n) is 3.71. The van der Waals surface area contributed by atoms with Crippen LogP contribution in [0.5, 0.6) is 5.75 Å². The first-order valence-corrected chi connectivity index (χ1v) is 10.2. The van der Waals surface area contributed by atoms with Crippen LogP contribution in [0.1, 0.15) is 6.92 Å². The van der Waals surface area contributed by atoms with E-state index in [-0.39, 0.29) is 18.3 Å². The van der Waals surface area contributed by atoms with Crippen molar-refractivity contribution in [3.8, 4) is 17.1 Å². The predicted octanol–water partition coefficient (Wildman–Crippen LogP) is 1.75. The summed E-state index contributed by atoms with van der Waals surface area (Å²) in [6, 6.07) is 16.0. The first-order valence-electron chi connectivity index (χ1n) is 9.18. The fourth-order valence-corrected chi connectivity index (χ4v) is 2.99. The van der Waals surface area contributed by atoms with E-state index in [2.05, 4.69) is 31.3 Å². The van der Waals surface area contributed by atoms with E-state index in [0.717, 1.165) is 17.3 Å². The van der Waals surface area contributed by atoms with Crippen molar-refractivity contribution in [3.63, 3.8) is 0 Å². The Morgan fingerprint density at radius 2 is 1.81 bits per heavy atom. The second kappa shape index (κ2) is 10.8. The van der Waals surface area contributed by atoms with E-state index in [1.54, 1.807) is 42.5 Å². The Morgan fingerprint density at radius 1 is 1.03 bits per heavy atom. The Labute approximate surface area is 182 Å². The zero-order valence-corrected chi connectivity index (χ0v) is 17.4. The van der Waals surface area contributed by atoms with E-state index in [1.807, 2.05) is 12.1 Å². The highest BCUT2D eigenvalue weighted by atomic mass is 32.2. The Bertz CT molecular complexity index is 1060. The van der Waals surface area contributed by atoms with Gasteiger partial charge in [0.25, 0.3) is 5.91 Å². The SMILES string of the molecule is CC(=O)Nc1cccc(-c2nc(SCC(=O)NNC(=O)COc3ccccc3)n[nH]2)c1. The Hall–Kier alpha value is -3.86. The number of carbonyl (C=O) groups is 3. The number of nitrogens with zero attached hydrogens (tertiary/aromatic N) is 2. The number of amides is 3. The lowest BCUT2D eigenvalue weighted by atomic mass is 10.2. The van der Waals surface area contributed by atoms with Crippen LogP contribution >= 0.6 is 11.8 Å². The first-order chi connectivity index (χ1) is 15.0. The molecule has 3 amide bonds. The van der Waals surface area contributed by atoms with Crippen LogP contribution in [0, 0.1) is 0 Å². The quantitative estimate of drug-likeness (QED) is 0.309. The summed E-state index contributed by atoms with van der Waals surface area (Å²) in [5, 5.41) is 9.93. The van der Waals surface area contributed by atoms with Gasteiger partial charge in [0, 0.05) is 18.2 Å². The molecule has 0 unspecified atom stereocenters. The number of benzene rings is 2. The molecule has 1 heterocycles. The summed E-state index contributed by atoms with van der Waals surface area (Å²) in [6.07, 6.45) is 0. The first kappa shape index (κ1) is 21.8. The van der Waals surface area contributed by atoms with Gasteiger partial charge in [0.15, 0.2) is 12.4 Å². The molecule has 2 aromatic carbocycles. The van der Waals surface area contributed by atoms with Crippen LogP contribution in [-0.4, -0.2) is 45.3 Å². The van der Waals surface area contributed by atoms with E-state index >= 15 is 0 Å². The number of anilines is 1. The van der Waals surface area contributed by atoms with Gasteiger partial charge in [0.05, 0.1) is 5.75 Å². The number of aromatic nitrogens is 3. The molecule has 0 fully saturated rings. The average molecular weight is 440 g/mol. The molecule has 3 aromatic rings. The van der Waals surface area contributed by atoms with E-state index in [4.69, 9.17) is 4.74 Å². The Kier molecular flexibility index (Phi) is 7.60. The molecule has 31 heavy (non-hydrogen) atoms. The van der Waals surface area contributed by atoms with Gasteiger partial charge in [-0.15, -0.1) is 5.10 Å². The molecule has 0 saturated heterocycles. The molecular weight excluding hydrogens is 420 g/mol. The van der Waals surface area contributed by atoms with E-state index < -0.39 is 11.8 Å². The summed E-state index contributed by atoms with van der Waals surface area (Å²) in [4.78, 5) is 39.2. The maximum atomic E-state index is 11.9. The maximum Gasteiger partial charge on any atom is 0.276 e. The summed E-state index contributed by atoms with van der Waals surface area (Å²) in [6.45, 7) is 1.21. The fourth-order valence-electron chi connectivity index (χ4n) is 2.39. The highest BCUT2D eigenvalue weighted by Gasteiger charge is 2.11. The van der Waals surface area contributed by atoms with Gasteiger partial charge in [-0.05, 0) is 24.3 Å². The molecule has 0 radical (unpaired) electrons. The summed E-state index contributed by atoms with van der Waals surface area (Å²) >= 11 is 1.10. The molecule has 0 aliphatic carbocycles. The minimum absolute atomic E-state index is 0.00302. The normalized spacial score (nSPS) is 10.2. The van der Waals surface area contributed by atoms with Crippen molar-refractivity contribution in [3.05, 3.63) is 54.6 Å². The van der Waals surface area contributed by atoms with E-state index in [1.165, 1.54) is 6.92 Å². The second-order valence-electron chi connectivity index (χ2n) is 6.22. The van der Waals surface area contributed by atoms with Gasteiger partial charge in [-0.1, -0.05) is 42.1 Å². The number of thioether (sulfide) groups is 1. The predicted molar refractivity (Wildman–Crippen MR) is 115 cm³/mol. The topological polar surface area (TPSA) is 138 Å². The lowest BCUT2D eigenvalue weighted by molar-refractivity contribution is -0.128. The van der Waals surface area contributed by atoms with Crippen molar-refractivity contribution in [2.24, 2.45) is 0 Å². The highest BCUT2D eigenvalue weighted by Crippen LogP contribution is 2.22. The summed E-state index contributed by atoms with van der Waals surface area (Å²) < 4.78 is 5.29. The zero-order chi connectivity index (χ0) is 22.1. The molecule has 0 aliphatic rings. The van der Waals surface area contributed by atoms with Gasteiger partial charge in [0.1, 0.15) is 5.75 Å². The van der Waals surface area contributed by atoms with Crippen LogP contribution in [0.15, 0.2) is 59.8 Å². The largest absolute Gasteiger partial charge is 0.484 e. The van der Waals surface area contributed by atoms with Gasteiger partial charge in [-0.25, -0.2) is 4.98 Å². The molecule has 0 atom stereocenters. The van der Waals surface area contributed by atoms with Crippen molar-refractivity contribution in [2.75, 3.05) is 17.7 Å². The lowest BCUT2D eigenvalue weighted by Crippen LogP contribution is -2.44. The van der Waals surface area contributed by atoms with Crippen LogP contribution < -0.4 is 20.9 Å². The monoisotopic (exact) mass is 440 g/mol. The zero-order valence-electron chi connectivity index (χ0n) is 16.5. The Morgan fingerprint density at radius 3 is 2.58 bits per heavy atom. The fraction of sp³-hybridized carbons (Fsp3) is 0.150. The molecular formula is C20H20N6O4S. The van der Waals surface area contributed by atoms with Gasteiger partial charge in [-0.3, -0.25) is 30.3 Å². The number of ether oxygens (including phenoxy) is 1. The molecule has 11 heteroatoms. The van der Waals surface area contributed by atoms with E-state index in [9.17, 15) is 14.4 Å². The number of hydrogen-bond acceptors (Lipinski definition) is 7. The molecule has 0 saturated carbocycles. The minimum atomic E-state index is -0.485. The lowest BCUT2D eigenvalue weighted by Gasteiger charge is -2.08. The second-order valence-corrected chi connectivity index (χ2v) is 7.16. The van der Waals surface area contributed by atoms with Crippen LogP contribution in [0.2, 0.25) is 0 Å². The molecule has 1 aromatic heterocycles. The number of H-pyrrole nitrogens is 1. The van der Waals surface area contributed by atoms with Gasteiger partial charge in [-0.2, -0.15) is 0 Å². The third-order valence-corrected chi connectivity index (χ3v) is 4.56. The summed E-state index contributed by atoms with van der Waals surface area (Å²) in [5.74, 6) is -0.0125. The van der Waals surface area contributed by atoms with Crippen LogP contribution in [-0.2, 0) is 14.4 Å². The van der Waals surface area contributed by atoms with Crippen LogP contribution in [0.4, 0.5) is 5.69 Å². The molecule has 3 rings (SSSR count). The van der Waals surface area contributed by atoms with Crippen molar-refractivity contribution in [2.45, 2.75) is 12.1 Å². The van der Waals surface area contributed by atoms with Gasteiger partial charge < -0.3 is 10.1 Å². The Balaban J connectivity index is 1.42. The third kappa shape index (κ3) is 7.16. The number of para-hydroxylation sites is 1. The maximum absolute atomic E-state index is 11.9. The standard InChI is InChI=1S/C20H20N6O4S/c1-13(27)21-15-7-5-6-14(10-15)19-22-20(26-25-19)31-12-18(29)24-23-17(28)11-30-16-8-3-2-4-9-16/h2-10H,11-12H2,1H3,(H,21,27)(H,23,28)(H,24,29)(H,22,25,26). The molecule has 0 spiro atoms. The number of nitrogens with one attached hydrogen (secondary N) is 4. The molecule has 160 valence electrons. The number of hydrazine groups is 1. The van der Waals surface area contributed by atoms with Crippen LogP contribution in [0.3, 0.4) is 0 Å². The van der Waals surface area contributed by atoms with Crippen molar-refractivity contribution >= 4 is 35.2 Å². The number of hydrogen-bond donors (Lipinski definition) is 4. The molecule has 10 nitrogen and oxygen atoms in total. The van der Waals surface area contributed by atoms with Crippen LogP contribution in [0.25, 0.3) is 11.4 Å². The van der Waals surface area contributed by atoms with E-state index in [0.29, 0.717) is 22.4 Å². The number of aromatic amines is 1. The molecule has 0 bridgehead atoms. The van der Waals surface area contributed by atoms with Crippen molar-refractivity contribution < 1.29 is 19.1 Å². The minimum Gasteiger partial charge on any atom is -0.484 e. The highest BCUT2D eigenvalue weighted by molar-refractivity contribution is 7.99. The summed E-state index contributed by atoms with van der Waals surface area (Å²) in [5.41, 5.74) is 5.97. The van der Waals surface area contributed by atoms with Gasteiger partial charge >= 0.3 is 0 Å². The molecule has 0 aliphatic heterocycles. The number of rotatable bonds is 8. The van der Waals surface area contributed by atoms with Crippen molar-refractivity contribution in [1.82, 2.24) is 26.0 Å². The average Bonchev–Trinajstić information content (AvgIpc) is 3.24. The molecule has 4 N–H and O–H groups in total. The van der Waals surface area contributed by atoms with Gasteiger partial charge in [0.2, 0.25) is 17.0 Å². The van der Waals surface area contributed by atoms with Crippen molar-refractivity contribution in [1.29, 1.82) is 0 Å².